The number of carbonyl (C=O) groups excluding carboxylic acids is 1. The number of aliphatic hydroxyl groups is 1. The topological polar surface area (TPSA) is 46.5 Å². The lowest BCUT2D eigenvalue weighted by molar-refractivity contribution is -0.162. The summed E-state index contributed by atoms with van der Waals surface area (Å²) in [4.78, 5) is 11.2. The molecule has 12 heavy (non-hydrogen) atoms. The van der Waals surface area contributed by atoms with Crippen LogP contribution in [0.4, 0.5) is 0 Å². The van der Waals surface area contributed by atoms with Crippen LogP contribution in [0, 0.1) is 5.92 Å². The number of esters is 1. The van der Waals surface area contributed by atoms with E-state index in [1.54, 1.807) is 34.6 Å². The van der Waals surface area contributed by atoms with Crippen LogP contribution in [0.3, 0.4) is 0 Å². The molecular formula is C9H18O3. The summed E-state index contributed by atoms with van der Waals surface area (Å²) in [5.41, 5.74) is -0.472. The van der Waals surface area contributed by atoms with Crippen molar-refractivity contribution < 1.29 is 14.6 Å². The van der Waals surface area contributed by atoms with Crippen molar-refractivity contribution >= 4 is 5.97 Å². The largest absolute Gasteiger partial charge is 0.460 e. The summed E-state index contributed by atoms with van der Waals surface area (Å²) >= 11 is 0. The summed E-state index contributed by atoms with van der Waals surface area (Å²) in [5.74, 6) is -0.804. The van der Waals surface area contributed by atoms with Crippen molar-refractivity contribution in [1.29, 1.82) is 0 Å². The highest BCUT2D eigenvalue weighted by atomic mass is 16.6. The SMILES string of the molecule is C[C@@H](O)[C@@H](C)C(=O)OC(C)(C)C. The number of carbonyl (C=O) groups is 1. The van der Waals surface area contributed by atoms with Gasteiger partial charge in [0.15, 0.2) is 0 Å². The fraction of sp³-hybridized carbons (Fsp3) is 0.889. The molecule has 2 atom stereocenters. The second-order valence-corrected chi connectivity index (χ2v) is 4.06. The molecule has 0 heterocycles. The number of hydrogen-bond donors (Lipinski definition) is 1. The fourth-order valence-electron chi connectivity index (χ4n) is 0.592. The average molecular weight is 174 g/mol. The minimum Gasteiger partial charge on any atom is -0.460 e. The quantitative estimate of drug-likeness (QED) is 0.643. The van der Waals surface area contributed by atoms with Crippen LogP contribution in [0.25, 0.3) is 0 Å². The maximum Gasteiger partial charge on any atom is 0.311 e. The van der Waals surface area contributed by atoms with Crippen LogP contribution in [0.2, 0.25) is 0 Å². The van der Waals surface area contributed by atoms with E-state index in [-0.39, 0.29) is 5.97 Å². The zero-order valence-electron chi connectivity index (χ0n) is 8.42. The van der Waals surface area contributed by atoms with E-state index < -0.39 is 17.6 Å². The van der Waals surface area contributed by atoms with Gasteiger partial charge in [-0.3, -0.25) is 4.79 Å². The molecular weight excluding hydrogens is 156 g/mol. The summed E-state index contributed by atoms with van der Waals surface area (Å²) in [5, 5.41) is 9.09. The number of ether oxygens (including phenoxy) is 1. The molecule has 0 unspecified atom stereocenters. The summed E-state index contributed by atoms with van der Waals surface area (Å²) in [6.07, 6.45) is -0.653. The van der Waals surface area contributed by atoms with Crippen LogP contribution in [0.5, 0.6) is 0 Å². The average Bonchev–Trinajstić information content (AvgIpc) is 1.82. The summed E-state index contributed by atoms with van der Waals surface area (Å²) in [6, 6.07) is 0. The highest BCUT2D eigenvalue weighted by Crippen LogP contribution is 2.13. The predicted octanol–water partition coefficient (Wildman–Crippen LogP) is 1.34. The van der Waals surface area contributed by atoms with Crippen molar-refractivity contribution in [1.82, 2.24) is 0 Å². The van der Waals surface area contributed by atoms with Gasteiger partial charge in [-0.25, -0.2) is 0 Å². The molecule has 0 radical (unpaired) electrons. The Balaban J connectivity index is 4.05. The second-order valence-electron chi connectivity index (χ2n) is 4.06. The molecule has 0 bridgehead atoms. The Morgan fingerprint density at radius 2 is 1.75 bits per heavy atom. The first-order chi connectivity index (χ1) is 5.24. The van der Waals surface area contributed by atoms with Gasteiger partial charge in [0.2, 0.25) is 0 Å². The van der Waals surface area contributed by atoms with E-state index in [0.29, 0.717) is 0 Å². The molecule has 0 aliphatic heterocycles. The molecule has 0 aromatic rings. The van der Waals surface area contributed by atoms with Crippen LogP contribution in [-0.4, -0.2) is 22.8 Å². The van der Waals surface area contributed by atoms with Crippen molar-refractivity contribution in [3.05, 3.63) is 0 Å². The van der Waals surface area contributed by atoms with Crippen LogP contribution >= 0.6 is 0 Å². The summed E-state index contributed by atoms with van der Waals surface area (Å²) in [7, 11) is 0. The van der Waals surface area contributed by atoms with Gasteiger partial charge in [-0.2, -0.15) is 0 Å². The highest BCUT2D eigenvalue weighted by Gasteiger charge is 2.24. The van der Waals surface area contributed by atoms with Crippen LogP contribution in [0.15, 0.2) is 0 Å². The van der Waals surface area contributed by atoms with E-state index in [2.05, 4.69) is 0 Å². The molecule has 0 aromatic carbocycles. The Labute approximate surface area is 73.7 Å². The first-order valence-corrected chi connectivity index (χ1v) is 4.15. The number of aliphatic hydroxyl groups excluding tert-OH is 1. The van der Waals surface area contributed by atoms with E-state index in [1.165, 1.54) is 0 Å². The second kappa shape index (κ2) is 3.90. The minimum absolute atomic E-state index is 0.350. The lowest BCUT2D eigenvalue weighted by atomic mass is 10.1. The van der Waals surface area contributed by atoms with Gasteiger partial charge in [-0.05, 0) is 34.6 Å². The molecule has 0 fully saturated rings. The van der Waals surface area contributed by atoms with Crippen LogP contribution in [0.1, 0.15) is 34.6 Å². The van der Waals surface area contributed by atoms with E-state index in [9.17, 15) is 4.79 Å². The normalized spacial score (nSPS) is 16.8. The van der Waals surface area contributed by atoms with Crippen molar-refractivity contribution in [3.63, 3.8) is 0 Å². The molecule has 0 aliphatic rings. The van der Waals surface area contributed by atoms with Crippen molar-refractivity contribution in [3.8, 4) is 0 Å². The molecule has 0 saturated heterocycles. The molecule has 0 aromatic heterocycles. The highest BCUT2D eigenvalue weighted by molar-refractivity contribution is 5.73. The Kier molecular flexibility index (Phi) is 3.71. The molecule has 0 saturated carbocycles. The number of hydrogen-bond acceptors (Lipinski definition) is 3. The zero-order chi connectivity index (χ0) is 9.94. The first kappa shape index (κ1) is 11.4. The van der Waals surface area contributed by atoms with Gasteiger partial charge in [0.05, 0.1) is 12.0 Å². The molecule has 3 nitrogen and oxygen atoms in total. The third-order valence-electron chi connectivity index (χ3n) is 1.50. The minimum atomic E-state index is -0.653. The standard InChI is InChI=1S/C9H18O3/c1-6(7(2)10)8(11)12-9(3,4)5/h6-7,10H,1-5H3/t6-,7-/m1/s1. The molecule has 72 valence electrons. The third-order valence-corrected chi connectivity index (χ3v) is 1.50. The van der Waals surface area contributed by atoms with Crippen LogP contribution in [-0.2, 0) is 9.53 Å². The van der Waals surface area contributed by atoms with Gasteiger partial charge in [0, 0.05) is 0 Å². The summed E-state index contributed by atoms with van der Waals surface area (Å²) in [6.45, 7) is 8.65. The third kappa shape index (κ3) is 4.34. The molecule has 0 rings (SSSR count). The molecule has 0 spiro atoms. The van der Waals surface area contributed by atoms with Crippen molar-refractivity contribution in [2.24, 2.45) is 5.92 Å². The Hall–Kier alpha value is -0.570. The lowest BCUT2D eigenvalue weighted by Crippen LogP contribution is -2.32. The zero-order valence-corrected chi connectivity index (χ0v) is 8.42. The molecule has 0 aliphatic carbocycles. The number of rotatable bonds is 2. The van der Waals surface area contributed by atoms with Gasteiger partial charge in [0.25, 0.3) is 0 Å². The van der Waals surface area contributed by atoms with Crippen molar-refractivity contribution in [2.75, 3.05) is 0 Å². The van der Waals surface area contributed by atoms with Crippen LogP contribution < -0.4 is 0 Å². The maximum absolute atomic E-state index is 11.2. The summed E-state index contributed by atoms with van der Waals surface area (Å²) < 4.78 is 5.06. The van der Waals surface area contributed by atoms with Crippen molar-refractivity contribution in [2.45, 2.75) is 46.3 Å². The van der Waals surface area contributed by atoms with E-state index in [1.807, 2.05) is 0 Å². The Morgan fingerprint density at radius 3 is 2.00 bits per heavy atom. The van der Waals surface area contributed by atoms with Gasteiger partial charge in [-0.1, -0.05) is 0 Å². The predicted molar refractivity (Wildman–Crippen MR) is 46.7 cm³/mol. The maximum atomic E-state index is 11.2. The Morgan fingerprint density at radius 1 is 1.33 bits per heavy atom. The first-order valence-electron chi connectivity index (χ1n) is 4.15. The van der Waals surface area contributed by atoms with Gasteiger partial charge >= 0.3 is 5.97 Å². The molecule has 0 amide bonds. The lowest BCUT2D eigenvalue weighted by Gasteiger charge is -2.23. The van der Waals surface area contributed by atoms with E-state index in [0.717, 1.165) is 0 Å². The van der Waals surface area contributed by atoms with E-state index >= 15 is 0 Å². The van der Waals surface area contributed by atoms with Gasteiger partial charge in [0.1, 0.15) is 5.60 Å². The van der Waals surface area contributed by atoms with Gasteiger partial charge < -0.3 is 9.84 Å². The smallest absolute Gasteiger partial charge is 0.311 e. The molecule has 3 heteroatoms. The monoisotopic (exact) mass is 174 g/mol. The Bertz CT molecular complexity index is 156. The fourth-order valence-corrected chi connectivity index (χ4v) is 0.592. The molecule has 1 N–H and O–H groups in total. The van der Waals surface area contributed by atoms with Gasteiger partial charge in [-0.15, -0.1) is 0 Å². The van der Waals surface area contributed by atoms with E-state index in [4.69, 9.17) is 9.84 Å².